The van der Waals surface area contributed by atoms with Gasteiger partial charge in [0.1, 0.15) is 5.78 Å². The molecule has 100 valence electrons. The summed E-state index contributed by atoms with van der Waals surface area (Å²) in [6.45, 7) is 2.19. The van der Waals surface area contributed by atoms with Crippen LogP contribution >= 0.6 is 0 Å². The lowest BCUT2D eigenvalue weighted by molar-refractivity contribution is -0.146. The highest BCUT2D eigenvalue weighted by Crippen LogP contribution is 2.44. The summed E-state index contributed by atoms with van der Waals surface area (Å²) >= 11 is 0. The number of benzene rings is 1. The smallest absolute Gasteiger partial charge is 0.309 e. The highest BCUT2D eigenvalue weighted by Gasteiger charge is 2.51. The van der Waals surface area contributed by atoms with Gasteiger partial charge >= 0.3 is 5.97 Å². The first-order valence-corrected chi connectivity index (χ1v) is 6.97. The number of carbonyl (C=O) groups excluding carboxylic acids is 2. The van der Waals surface area contributed by atoms with Crippen LogP contribution in [-0.2, 0) is 27.2 Å². The molecule has 0 amide bonds. The van der Waals surface area contributed by atoms with Crippen LogP contribution in [0.1, 0.15) is 24.5 Å². The molecule has 1 aromatic carbocycles. The zero-order valence-corrected chi connectivity index (χ0v) is 11.1. The monoisotopic (exact) mass is 258 g/mol. The maximum Gasteiger partial charge on any atom is 0.309 e. The summed E-state index contributed by atoms with van der Waals surface area (Å²) in [6, 6.07) is 8.23. The van der Waals surface area contributed by atoms with Gasteiger partial charge < -0.3 is 4.74 Å². The number of rotatable bonds is 4. The molecule has 2 atom stereocenters. The molecule has 1 saturated carbocycles. The van der Waals surface area contributed by atoms with Crippen LogP contribution in [0, 0.1) is 17.8 Å². The fourth-order valence-electron chi connectivity index (χ4n) is 3.08. The molecule has 3 heteroatoms. The fourth-order valence-corrected chi connectivity index (χ4v) is 3.08. The Kier molecular flexibility index (Phi) is 3.13. The summed E-state index contributed by atoms with van der Waals surface area (Å²) in [7, 11) is 0. The molecule has 2 aliphatic carbocycles. The van der Waals surface area contributed by atoms with Crippen molar-refractivity contribution in [2.24, 2.45) is 17.8 Å². The second-order valence-electron chi connectivity index (χ2n) is 5.48. The normalized spacial score (nSPS) is 24.9. The maximum atomic E-state index is 12.4. The van der Waals surface area contributed by atoms with Gasteiger partial charge in [-0.3, -0.25) is 9.59 Å². The Morgan fingerprint density at radius 2 is 1.79 bits per heavy atom. The molecule has 3 nitrogen and oxygen atoms in total. The average molecular weight is 258 g/mol. The Bertz CT molecular complexity index is 495. The van der Waals surface area contributed by atoms with E-state index in [1.807, 2.05) is 12.1 Å². The van der Waals surface area contributed by atoms with E-state index in [9.17, 15) is 9.59 Å². The predicted octanol–water partition coefficient (Wildman–Crippen LogP) is 2.17. The second kappa shape index (κ2) is 4.80. The molecule has 0 saturated heterocycles. The van der Waals surface area contributed by atoms with Crippen molar-refractivity contribution in [3.63, 3.8) is 0 Å². The zero-order valence-electron chi connectivity index (χ0n) is 11.1. The average Bonchev–Trinajstić information content (AvgIpc) is 3.09. The van der Waals surface area contributed by atoms with E-state index >= 15 is 0 Å². The summed E-state index contributed by atoms with van der Waals surface area (Å²) < 4.78 is 4.98. The molecular weight excluding hydrogens is 240 g/mol. The van der Waals surface area contributed by atoms with E-state index in [0.29, 0.717) is 13.0 Å². The van der Waals surface area contributed by atoms with Gasteiger partial charge in [-0.25, -0.2) is 0 Å². The topological polar surface area (TPSA) is 43.4 Å². The Balaban J connectivity index is 1.61. The molecule has 0 unspecified atom stereocenters. The number of fused-ring (bicyclic) bond motifs is 1. The van der Waals surface area contributed by atoms with E-state index < -0.39 is 0 Å². The summed E-state index contributed by atoms with van der Waals surface area (Å²) in [5.74, 6) is -0.123. The molecule has 0 N–H and O–H groups in total. The van der Waals surface area contributed by atoms with Crippen LogP contribution in [0.5, 0.6) is 0 Å². The van der Waals surface area contributed by atoms with Crippen molar-refractivity contribution in [3.8, 4) is 0 Å². The third-order valence-electron chi connectivity index (χ3n) is 4.20. The SMILES string of the molecule is CCOC(=O)[C@H]1C[C@@H]1C(=O)C1Cc2ccccc2C1. The lowest BCUT2D eigenvalue weighted by Crippen LogP contribution is -2.19. The Morgan fingerprint density at radius 1 is 1.16 bits per heavy atom. The number of ether oxygens (including phenoxy) is 1. The quantitative estimate of drug-likeness (QED) is 0.777. The largest absolute Gasteiger partial charge is 0.466 e. The minimum atomic E-state index is -0.198. The maximum absolute atomic E-state index is 12.4. The fraction of sp³-hybridized carbons (Fsp3) is 0.500. The molecule has 0 radical (unpaired) electrons. The van der Waals surface area contributed by atoms with Crippen molar-refractivity contribution < 1.29 is 14.3 Å². The van der Waals surface area contributed by atoms with Crippen molar-refractivity contribution in [2.75, 3.05) is 6.61 Å². The van der Waals surface area contributed by atoms with E-state index in [0.717, 1.165) is 12.8 Å². The van der Waals surface area contributed by atoms with Crippen LogP contribution in [0.15, 0.2) is 24.3 Å². The standard InChI is InChI=1S/C16H18O3/c1-2-19-16(18)14-9-13(14)15(17)12-7-10-5-3-4-6-11(10)8-12/h3-6,12-14H,2,7-9H2,1H3/t13-,14-/m0/s1. The van der Waals surface area contributed by atoms with E-state index in [-0.39, 0.29) is 29.5 Å². The molecule has 3 rings (SSSR count). The third-order valence-corrected chi connectivity index (χ3v) is 4.20. The summed E-state index contributed by atoms with van der Waals surface area (Å²) in [5.41, 5.74) is 2.57. The minimum Gasteiger partial charge on any atom is -0.466 e. The third kappa shape index (κ3) is 2.29. The summed E-state index contributed by atoms with van der Waals surface area (Å²) in [6.07, 6.45) is 2.35. The highest BCUT2D eigenvalue weighted by molar-refractivity contribution is 5.93. The van der Waals surface area contributed by atoms with Gasteiger partial charge in [-0.15, -0.1) is 0 Å². The molecule has 1 fully saturated rings. The molecular formula is C16H18O3. The van der Waals surface area contributed by atoms with E-state index in [1.54, 1.807) is 6.92 Å². The van der Waals surface area contributed by atoms with Crippen LogP contribution in [0.3, 0.4) is 0 Å². The number of ketones is 1. The number of hydrogen-bond donors (Lipinski definition) is 0. The van der Waals surface area contributed by atoms with Crippen molar-refractivity contribution >= 4 is 11.8 Å². The van der Waals surface area contributed by atoms with Gasteiger partial charge in [0, 0.05) is 11.8 Å². The van der Waals surface area contributed by atoms with E-state index in [4.69, 9.17) is 4.74 Å². The number of Topliss-reactive ketones (excluding diaryl/α,β-unsaturated/α-hetero) is 1. The molecule has 0 aromatic heterocycles. The van der Waals surface area contributed by atoms with Crippen molar-refractivity contribution in [2.45, 2.75) is 26.2 Å². The van der Waals surface area contributed by atoms with Crippen LogP contribution in [0.25, 0.3) is 0 Å². The molecule has 0 heterocycles. The van der Waals surface area contributed by atoms with Crippen molar-refractivity contribution in [3.05, 3.63) is 35.4 Å². The molecule has 0 spiro atoms. The summed E-state index contributed by atoms with van der Waals surface area (Å²) in [4.78, 5) is 24.0. The number of carbonyl (C=O) groups is 2. The van der Waals surface area contributed by atoms with E-state index in [1.165, 1.54) is 11.1 Å². The highest BCUT2D eigenvalue weighted by atomic mass is 16.5. The van der Waals surface area contributed by atoms with Crippen LogP contribution in [-0.4, -0.2) is 18.4 Å². The molecule has 2 aliphatic rings. The van der Waals surface area contributed by atoms with Gasteiger partial charge in [0.2, 0.25) is 0 Å². The Labute approximate surface area is 113 Å². The predicted molar refractivity (Wildman–Crippen MR) is 70.6 cm³/mol. The molecule has 0 bridgehead atoms. The number of hydrogen-bond acceptors (Lipinski definition) is 3. The molecule has 19 heavy (non-hydrogen) atoms. The zero-order chi connectivity index (χ0) is 13.4. The Morgan fingerprint density at radius 3 is 2.37 bits per heavy atom. The van der Waals surface area contributed by atoms with Gasteiger partial charge in [-0.05, 0) is 37.3 Å². The minimum absolute atomic E-state index is 0.0711. The van der Waals surface area contributed by atoms with Crippen molar-refractivity contribution in [1.29, 1.82) is 0 Å². The van der Waals surface area contributed by atoms with Gasteiger partial charge in [0.15, 0.2) is 0 Å². The second-order valence-corrected chi connectivity index (χ2v) is 5.48. The van der Waals surface area contributed by atoms with E-state index in [2.05, 4.69) is 12.1 Å². The van der Waals surface area contributed by atoms with Crippen LogP contribution in [0.2, 0.25) is 0 Å². The summed E-state index contributed by atoms with van der Waals surface area (Å²) in [5, 5.41) is 0. The van der Waals surface area contributed by atoms with Gasteiger partial charge in [0.05, 0.1) is 12.5 Å². The first kappa shape index (κ1) is 12.4. The van der Waals surface area contributed by atoms with Gasteiger partial charge in [-0.2, -0.15) is 0 Å². The lowest BCUT2D eigenvalue weighted by atomic mass is 9.96. The first-order valence-electron chi connectivity index (χ1n) is 6.97. The molecule has 0 aliphatic heterocycles. The van der Waals surface area contributed by atoms with Crippen LogP contribution < -0.4 is 0 Å². The lowest BCUT2D eigenvalue weighted by Gasteiger charge is -2.07. The van der Waals surface area contributed by atoms with Crippen molar-refractivity contribution in [1.82, 2.24) is 0 Å². The number of esters is 1. The van der Waals surface area contributed by atoms with Gasteiger partial charge in [0.25, 0.3) is 0 Å². The molecule has 1 aromatic rings. The van der Waals surface area contributed by atoms with Gasteiger partial charge in [-0.1, -0.05) is 24.3 Å². The first-order chi connectivity index (χ1) is 9.20. The van der Waals surface area contributed by atoms with Crippen LogP contribution in [0.4, 0.5) is 0 Å². The Hall–Kier alpha value is -1.64.